The fourth-order valence-corrected chi connectivity index (χ4v) is 3.88. The van der Waals surface area contributed by atoms with Crippen molar-refractivity contribution in [2.75, 3.05) is 6.54 Å². The molecule has 184 valence electrons. The van der Waals surface area contributed by atoms with Gasteiger partial charge in [-0.3, -0.25) is 9.69 Å². The van der Waals surface area contributed by atoms with Crippen LogP contribution in [0.15, 0.2) is 42.6 Å². The summed E-state index contributed by atoms with van der Waals surface area (Å²) >= 11 is 0. The van der Waals surface area contributed by atoms with Gasteiger partial charge in [0, 0.05) is 11.6 Å². The number of nitrogens with zero attached hydrogens (tertiary/aromatic N) is 3. The molecule has 0 saturated carbocycles. The molecule has 0 aliphatic carbocycles. The molecule has 0 fully saturated rings. The maximum absolute atomic E-state index is 14.2. The fourth-order valence-electron chi connectivity index (χ4n) is 3.88. The van der Waals surface area contributed by atoms with Crippen molar-refractivity contribution in [3.63, 3.8) is 0 Å². The third kappa shape index (κ3) is 6.46. The van der Waals surface area contributed by atoms with Crippen LogP contribution in [0.5, 0.6) is 0 Å². The Morgan fingerprint density at radius 1 is 1.18 bits per heavy atom. The molecule has 2 aromatic rings. The SMILES string of the molecule is CC(C)C[C@@H](C(N)=O)N(CC#N)C(c1ccc(-c2ccc(C(C)(C)O)[n+]([O-])c2)cc1)C(F)(F)F. The fraction of sp³-hybridized carbons (Fsp3) is 0.458. The lowest BCUT2D eigenvalue weighted by Gasteiger charge is -2.37. The van der Waals surface area contributed by atoms with Crippen LogP contribution in [0.1, 0.15) is 51.4 Å². The molecule has 2 atom stereocenters. The van der Waals surface area contributed by atoms with Crippen LogP contribution in [0.3, 0.4) is 0 Å². The third-order valence-corrected chi connectivity index (χ3v) is 5.42. The standard InChI is InChI=1S/C24H29F3N4O3/c1-15(2)13-19(22(29)32)30(12-11-28)21(24(25,26)27)17-7-5-16(6-8-17)18-9-10-20(23(3,4)33)31(34)14-18/h5-10,14-15,19,21,33H,12-13H2,1-4H3,(H2,29,32)/t19-,21?/m0/s1. The van der Waals surface area contributed by atoms with E-state index in [0.717, 1.165) is 4.90 Å². The van der Waals surface area contributed by atoms with Crippen molar-refractivity contribution in [1.29, 1.82) is 5.26 Å². The number of nitrogens with two attached hydrogens (primary N) is 1. The largest absolute Gasteiger partial charge is 0.618 e. The normalized spacial score (nSPS) is 14.1. The number of hydrogen-bond acceptors (Lipinski definition) is 5. The predicted octanol–water partition coefficient (Wildman–Crippen LogP) is 3.54. The summed E-state index contributed by atoms with van der Waals surface area (Å²) in [7, 11) is 0. The monoisotopic (exact) mass is 478 g/mol. The molecular formula is C24H29F3N4O3. The molecule has 2 rings (SSSR count). The van der Waals surface area contributed by atoms with Crippen molar-refractivity contribution in [1.82, 2.24) is 4.90 Å². The van der Waals surface area contributed by atoms with Crippen molar-refractivity contribution >= 4 is 5.91 Å². The highest BCUT2D eigenvalue weighted by Crippen LogP contribution is 2.40. The van der Waals surface area contributed by atoms with Gasteiger partial charge in [-0.25, -0.2) is 0 Å². The first-order valence-electron chi connectivity index (χ1n) is 10.7. The van der Waals surface area contributed by atoms with Gasteiger partial charge in [0.25, 0.3) is 0 Å². The van der Waals surface area contributed by atoms with Gasteiger partial charge in [0.2, 0.25) is 11.6 Å². The van der Waals surface area contributed by atoms with Crippen molar-refractivity contribution in [2.45, 2.75) is 58.0 Å². The molecule has 0 bridgehead atoms. The number of aromatic nitrogens is 1. The highest BCUT2D eigenvalue weighted by Gasteiger charge is 2.48. The van der Waals surface area contributed by atoms with Gasteiger partial charge < -0.3 is 16.0 Å². The maximum atomic E-state index is 14.2. The number of pyridine rings is 1. The Hall–Kier alpha value is -3.16. The summed E-state index contributed by atoms with van der Waals surface area (Å²) in [5.41, 5.74) is 4.96. The summed E-state index contributed by atoms with van der Waals surface area (Å²) in [6, 6.07) is 6.63. The van der Waals surface area contributed by atoms with Crippen molar-refractivity contribution in [2.24, 2.45) is 11.7 Å². The minimum atomic E-state index is -4.78. The highest BCUT2D eigenvalue weighted by atomic mass is 19.4. The van der Waals surface area contributed by atoms with E-state index in [2.05, 4.69) is 0 Å². The molecule has 0 spiro atoms. The zero-order chi connectivity index (χ0) is 25.8. The van der Waals surface area contributed by atoms with E-state index in [9.17, 15) is 33.5 Å². The molecule has 3 N–H and O–H groups in total. The number of primary amides is 1. The second-order valence-electron chi connectivity index (χ2n) is 9.13. The number of carbonyl (C=O) groups is 1. The van der Waals surface area contributed by atoms with E-state index in [4.69, 9.17) is 5.73 Å². The lowest BCUT2D eigenvalue weighted by Crippen LogP contribution is -2.51. The summed E-state index contributed by atoms with van der Waals surface area (Å²) in [5, 5.41) is 31.5. The molecule has 0 radical (unpaired) electrons. The molecule has 1 unspecified atom stereocenters. The maximum Gasteiger partial charge on any atom is 0.408 e. The number of alkyl halides is 3. The molecule has 1 aromatic heterocycles. The Morgan fingerprint density at radius 2 is 1.74 bits per heavy atom. The van der Waals surface area contributed by atoms with Crippen LogP contribution >= 0.6 is 0 Å². The van der Waals surface area contributed by atoms with E-state index >= 15 is 0 Å². The van der Waals surface area contributed by atoms with Gasteiger partial charge in [0.15, 0.2) is 6.20 Å². The van der Waals surface area contributed by atoms with Crippen LogP contribution < -0.4 is 10.5 Å². The number of benzene rings is 1. The quantitative estimate of drug-likeness (QED) is 0.325. The summed E-state index contributed by atoms with van der Waals surface area (Å²) in [5.74, 6) is -1.05. The van der Waals surface area contributed by atoms with Crippen LogP contribution in [0.2, 0.25) is 0 Å². The molecule has 34 heavy (non-hydrogen) atoms. The van der Waals surface area contributed by atoms with E-state index < -0.39 is 36.3 Å². The van der Waals surface area contributed by atoms with Gasteiger partial charge in [-0.05, 0) is 43.4 Å². The first-order chi connectivity index (χ1) is 15.7. The predicted molar refractivity (Wildman–Crippen MR) is 120 cm³/mol. The molecule has 1 aromatic carbocycles. The number of aliphatic hydroxyl groups is 1. The lowest BCUT2D eigenvalue weighted by atomic mass is 9.95. The third-order valence-electron chi connectivity index (χ3n) is 5.42. The zero-order valence-electron chi connectivity index (χ0n) is 19.5. The van der Waals surface area contributed by atoms with Gasteiger partial charge in [-0.2, -0.15) is 23.2 Å². The van der Waals surface area contributed by atoms with Crippen LogP contribution in [0.25, 0.3) is 11.1 Å². The Bertz CT molecular complexity index is 1040. The topological polar surface area (TPSA) is 117 Å². The highest BCUT2D eigenvalue weighted by molar-refractivity contribution is 5.80. The molecule has 0 aliphatic rings. The lowest BCUT2D eigenvalue weighted by molar-refractivity contribution is -0.621. The summed E-state index contributed by atoms with van der Waals surface area (Å²) < 4.78 is 43.1. The van der Waals surface area contributed by atoms with E-state index in [1.165, 1.54) is 50.4 Å². The molecule has 0 aliphatic heterocycles. The summed E-state index contributed by atoms with van der Waals surface area (Å²) in [6.07, 6.45) is -3.48. The van der Waals surface area contributed by atoms with Gasteiger partial charge in [0.1, 0.15) is 11.6 Å². The van der Waals surface area contributed by atoms with Crippen LogP contribution in [0.4, 0.5) is 13.2 Å². The van der Waals surface area contributed by atoms with Crippen LogP contribution in [-0.2, 0) is 10.4 Å². The van der Waals surface area contributed by atoms with Crippen LogP contribution in [0, 0.1) is 22.5 Å². The van der Waals surface area contributed by atoms with Gasteiger partial charge in [-0.1, -0.05) is 38.1 Å². The number of hydrogen-bond donors (Lipinski definition) is 2. The van der Waals surface area contributed by atoms with E-state index in [-0.39, 0.29) is 23.6 Å². The number of nitriles is 1. The molecule has 0 saturated heterocycles. The smallest absolute Gasteiger partial charge is 0.408 e. The molecular weight excluding hydrogens is 449 g/mol. The van der Waals surface area contributed by atoms with Crippen molar-refractivity contribution in [3.8, 4) is 17.2 Å². The Kier molecular flexibility index (Phi) is 8.29. The molecule has 10 heteroatoms. The number of carbonyl (C=O) groups excluding carboxylic acids is 1. The Morgan fingerprint density at radius 3 is 2.15 bits per heavy atom. The van der Waals surface area contributed by atoms with Gasteiger partial charge >= 0.3 is 6.18 Å². The van der Waals surface area contributed by atoms with Crippen molar-refractivity contribution in [3.05, 3.63) is 59.1 Å². The molecule has 1 amide bonds. The second kappa shape index (κ2) is 10.4. The zero-order valence-corrected chi connectivity index (χ0v) is 19.5. The first-order valence-corrected chi connectivity index (χ1v) is 10.7. The number of rotatable bonds is 9. The number of halogens is 3. The van der Waals surface area contributed by atoms with Crippen LogP contribution in [-0.4, -0.2) is 34.7 Å². The average molecular weight is 479 g/mol. The minimum absolute atomic E-state index is 0.0682. The minimum Gasteiger partial charge on any atom is -0.618 e. The molecule has 7 nitrogen and oxygen atoms in total. The second-order valence-corrected chi connectivity index (χ2v) is 9.13. The Balaban J connectivity index is 2.50. The summed E-state index contributed by atoms with van der Waals surface area (Å²) in [4.78, 5) is 12.8. The van der Waals surface area contributed by atoms with E-state index in [1.54, 1.807) is 26.0 Å². The van der Waals surface area contributed by atoms with Crippen molar-refractivity contribution < 1.29 is 27.8 Å². The first kappa shape index (κ1) is 27.1. The Labute approximate surface area is 196 Å². The average Bonchev–Trinajstić information content (AvgIpc) is 2.70. The van der Waals surface area contributed by atoms with E-state index in [1.807, 2.05) is 0 Å². The van der Waals surface area contributed by atoms with Gasteiger partial charge in [-0.15, -0.1) is 0 Å². The summed E-state index contributed by atoms with van der Waals surface area (Å²) in [6.45, 7) is 5.80. The number of amides is 1. The molecule has 1 heterocycles. The van der Waals surface area contributed by atoms with E-state index in [0.29, 0.717) is 15.9 Å². The van der Waals surface area contributed by atoms with Gasteiger partial charge in [0.05, 0.1) is 18.7 Å².